The van der Waals surface area contributed by atoms with Gasteiger partial charge in [0.1, 0.15) is 4.88 Å². The van der Waals surface area contributed by atoms with Crippen LogP contribution >= 0.6 is 11.3 Å². The zero-order valence-electron chi connectivity index (χ0n) is 9.16. The first-order chi connectivity index (χ1) is 7.65. The topological polar surface area (TPSA) is 77.2 Å². The summed E-state index contributed by atoms with van der Waals surface area (Å²) < 4.78 is 4.93. The van der Waals surface area contributed by atoms with E-state index in [0.29, 0.717) is 28.9 Å². The van der Waals surface area contributed by atoms with E-state index < -0.39 is 0 Å². The molecule has 88 valence electrons. The molecule has 0 bridgehead atoms. The summed E-state index contributed by atoms with van der Waals surface area (Å²) in [7, 11) is 0. The Morgan fingerprint density at radius 1 is 1.75 bits per heavy atom. The molecule has 0 radical (unpaired) electrons. The summed E-state index contributed by atoms with van der Waals surface area (Å²) in [6.07, 6.45) is 2.13. The first-order valence-electron chi connectivity index (χ1n) is 4.88. The summed E-state index contributed by atoms with van der Waals surface area (Å²) in [6.45, 7) is 6.30. The highest BCUT2D eigenvalue weighted by molar-refractivity contribution is 7.17. The summed E-state index contributed by atoms with van der Waals surface area (Å²) in [5.74, 6) is -0.134. The minimum absolute atomic E-state index is 0.134. The second-order valence-electron chi connectivity index (χ2n) is 3.11. The molecule has 0 unspecified atom stereocenters. The molecule has 0 fully saturated rings. The summed E-state index contributed by atoms with van der Waals surface area (Å²) in [5, 5.41) is 3.19. The van der Waals surface area contributed by atoms with Gasteiger partial charge in [-0.1, -0.05) is 17.9 Å². The molecular weight excluding hydrogens is 226 g/mol. The van der Waals surface area contributed by atoms with E-state index in [-0.39, 0.29) is 5.91 Å². The van der Waals surface area contributed by atoms with Crippen LogP contribution in [0.25, 0.3) is 0 Å². The lowest BCUT2D eigenvalue weighted by molar-refractivity contribution is 0.0953. The molecule has 1 heterocycles. The van der Waals surface area contributed by atoms with Gasteiger partial charge in [-0.3, -0.25) is 4.79 Å². The minimum Gasteiger partial charge on any atom is -0.502 e. The van der Waals surface area contributed by atoms with Gasteiger partial charge in [-0.25, -0.2) is 4.98 Å². The molecule has 0 atom stereocenters. The van der Waals surface area contributed by atoms with Crippen LogP contribution in [0.1, 0.15) is 21.8 Å². The first kappa shape index (κ1) is 12.5. The number of amides is 1. The quantitative estimate of drug-likeness (QED) is 0.581. The molecule has 1 aromatic heterocycles. The van der Waals surface area contributed by atoms with Gasteiger partial charge in [0.15, 0.2) is 5.13 Å². The van der Waals surface area contributed by atoms with Crippen molar-refractivity contribution in [2.24, 2.45) is 0 Å². The van der Waals surface area contributed by atoms with Gasteiger partial charge in [0.2, 0.25) is 0 Å². The lowest BCUT2D eigenvalue weighted by Crippen LogP contribution is -2.24. The number of aromatic nitrogens is 1. The standard InChI is InChI=1S/C10H15N3O2S/c1-3-15-6-4-5-12-9(14)8-7(2)13-10(11)16-8/h3H,1,4-6H2,2H3,(H2,11,13)(H,12,14). The van der Waals surface area contributed by atoms with Gasteiger partial charge in [-0.2, -0.15) is 0 Å². The van der Waals surface area contributed by atoms with Gasteiger partial charge < -0.3 is 15.8 Å². The highest BCUT2D eigenvalue weighted by Crippen LogP contribution is 2.19. The molecule has 3 N–H and O–H groups in total. The molecule has 1 rings (SSSR count). The van der Waals surface area contributed by atoms with Crippen molar-refractivity contribution in [2.45, 2.75) is 13.3 Å². The third-order valence-electron chi connectivity index (χ3n) is 1.86. The zero-order chi connectivity index (χ0) is 12.0. The third-order valence-corrected chi connectivity index (χ3v) is 2.85. The van der Waals surface area contributed by atoms with Gasteiger partial charge >= 0.3 is 0 Å². The molecule has 0 aromatic carbocycles. The number of carbonyl (C=O) groups excluding carboxylic acids is 1. The Morgan fingerprint density at radius 2 is 2.50 bits per heavy atom. The van der Waals surface area contributed by atoms with Crippen molar-refractivity contribution in [3.63, 3.8) is 0 Å². The first-order valence-corrected chi connectivity index (χ1v) is 5.70. The molecule has 0 spiro atoms. The molecule has 5 nitrogen and oxygen atoms in total. The smallest absolute Gasteiger partial charge is 0.263 e. The molecular formula is C10H15N3O2S. The fraction of sp³-hybridized carbons (Fsp3) is 0.400. The molecule has 16 heavy (non-hydrogen) atoms. The number of nitrogen functional groups attached to an aromatic ring is 1. The number of nitrogens with one attached hydrogen (secondary N) is 1. The lowest BCUT2D eigenvalue weighted by Gasteiger charge is -2.03. The molecule has 1 aromatic rings. The Labute approximate surface area is 98.3 Å². The second-order valence-corrected chi connectivity index (χ2v) is 4.14. The van der Waals surface area contributed by atoms with Crippen molar-refractivity contribution < 1.29 is 9.53 Å². The van der Waals surface area contributed by atoms with Crippen LogP contribution in [0.4, 0.5) is 5.13 Å². The van der Waals surface area contributed by atoms with Gasteiger partial charge in [-0.05, 0) is 13.3 Å². The van der Waals surface area contributed by atoms with Crippen molar-refractivity contribution in [3.8, 4) is 0 Å². The Hall–Kier alpha value is -1.56. The number of thiazole rings is 1. The monoisotopic (exact) mass is 241 g/mol. The van der Waals surface area contributed by atoms with Crippen molar-refractivity contribution in [1.29, 1.82) is 0 Å². The van der Waals surface area contributed by atoms with Crippen LogP contribution in [-0.2, 0) is 4.74 Å². The van der Waals surface area contributed by atoms with Gasteiger partial charge in [0, 0.05) is 6.54 Å². The predicted molar refractivity (Wildman–Crippen MR) is 64.4 cm³/mol. The van der Waals surface area contributed by atoms with Crippen molar-refractivity contribution in [2.75, 3.05) is 18.9 Å². The Morgan fingerprint density at radius 3 is 3.06 bits per heavy atom. The molecule has 0 aliphatic carbocycles. The number of nitrogens with zero attached hydrogens (tertiary/aromatic N) is 1. The van der Waals surface area contributed by atoms with Gasteiger partial charge in [-0.15, -0.1) is 0 Å². The van der Waals surface area contributed by atoms with Crippen molar-refractivity contribution in [1.82, 2.24) is 10.3 Å². The molecule has 1 amide bonds. The lowest BCUT2D eigenvalue weighted by atomic mass is 10.3. The average molecular weight is 241 g/mol. The number of hydrogen-bond donors (Lipinski definition) is 2. The molecule has 0 aliphatic rings. The van der Waals surface area contributed by atoms with Crippen LogP contribution < -0.4 is 11.1 Å². The third kappa shape index (κ3) is 3.54. The minimum atomic E-state index is -0.134. The number of ether oxygens (including phenoxy) is 1. The van der Waals surface area contributed by atoms with Gasteiger partial charge in [0.25, 0.3) is 5.91 Å². The van der Waals surface area contributed by atoms with Gasteiger partial charge in [0.05, 0.1) is 18.6 Å². The van der Waals surface area contributed by atoms with E-state index in [9.17, 15) is 4.79 Å². The molecule has 0 aliphatic heterocycles. The summed E-state index contributed by atoms with van der Waals surface area (Å²) in [4.78, 5) is 16.2. The van der Waals surface area contributed by atoms with E-state index in [4.69, 9.17) is 10.5 Å². The summed E-state index contributed by atoms with van der Waals surface area (Å²) in [6, 6.07) is 0. The summed E-state index contributed by atoms with van der Waals surface area (Å²) in [5.41, 5.74) is 6.18. The largest absolute Gasteiger partial charge is 0.502 e. The van der Waals surface area contributed by atoms with Crippen LogP contribution in [0.15, 0.2) is 12.8 Å². The SMILES string of the molecule is C=COCCCNC(=O)c1sc(N)nc1C. The predicted octanol–water partition coefficient (Wildman–Crippen LogP) is 1.31. The highest BCUT2D eigenvalue weighted by Gasteiger charge is 2.13. The maximum absolute atomic E-state index is 11.7. The van der Waals surface area contributed by atoms with E-state index in [2.05, 4.69) is 16.9 Å². The Kier molecular flexibility index (Phi) is 4.78. The van der Waals surface area contributed by atoms with Crippen LogP contribution in [0.2, 0.25) is 0 Å². The van der Waals surface area contributed by atoms with Crippen LogP contribution in [0, 0.1) is 6.92 Å². The maximum Gasteiger partial charge on any atom is 0.263 e. The number of rotatable bonds is 6. The number of carbonyl (C=O) groups is 1. The number of nitrogens with two attached hydrogens (primary N) is 1. The van der Waals surface area contributed by atoms with E-state index in [0.717, 1.165) is 6.42 Å². The number of anilines is 1. The maximum atomic E-state index is 11.7. The normalized spacial score (nSPS) is 9.81. The van der Waals surface area contributed by atoms with E-state index in [1.165, 1.54) is 17.6 Å². The average Bonchev–Trinajstić information content (AvgIpc) is 2.57. The van der Waals surface area contributed by atoms with E-state index in [1.807, 2.05) is 0 Å². The van der Waals surface area contributed by atoms with E-state index >= 15 is 0 Å². The molecule has 0 saturated carbocycles. The van der Waals surface area contributed by atoms with E-state index in [1.54, 1.807) is 6.92 Å². The highest BCUT2D eigenvalue weighted by atomic mass is 32.1. The Bertz CT molecular complexity index is 376. The fourth-order valence-electron chi connectivity index (χ4n) is 1.15. The molecule has 0 saturated heterocycles. The summed E-state index contributed by atoms with van der Waals surface area (Å²) >= 11 is 1.20. The van der Waals surface area contributed by atoms with Crippen LogP contribution in [0.5, 0.6) is 0 Å². The fourth-order valence-corrected chi connectivity index (χ4v) is 1.90. The van der Waals surface area contributed by atoms with Crippen LogP contribution in [0.3, 0.4) is 0 Å². The zero-order valence-corrected chi connectivity index (χ0v) is 9.97. The van der Waals surface area contributed by atoms with Crippen molar-refractivity contribution >= 4 is 22.4 Å². The molecule has 6 heteroatoms. The Balaban J connectivity index is 2.35. The number of hydrogen-bond acceptors (Lipinski definition) is 5. The second kappa shape index (κ2) is 6.12. The van der Waals surface area contributed by atoms with Crippen LogP contribution in [-0.4, -0.2) is 24.0 Å². The number of aryl methyl sites for hydroxylation is 1. The van der Waals surface area contributed by atoms with Crippen molar-refractivity contribution in [3.05, 3.63) is 23.4 Å².